The van der Waals surface area contributed by atoms with Gasteiger partial charge in [0.15, 0.2) is 0 Å². The number of carbonyl (C=O) groups excluding carboxylic acids is 6. The lowest BCUT2D eigenvalue weighted by atomic mass is 9.92. The second-order valence-corrected chi connectivity index (χ2v) is 25.0. The van der Waals surface area contributed by atoms with Crippen LogP contribution in [0.3, 0.4) is 0 Å². The molecule has 6 amide bonds. The monoisotopic (exact) mass is 1170 g/mol. The van der Waals surface area contributed by atoms with Crippen molar-refractivity contribution in [1.29, 1.82) is 0 Å². The fraction of sp³-hybridized carbons (Fsp3) is 0.525. The van der Waals surface area contributed by atoms with Gasteiger partial charge in [-0.3, -0.25) is 29.0 Å². The number of nitrogens with one attached hydrogen (secondary N) is 2. The molecule has 24 nitrogen and oxygen atoms in total. The summed E-state index contributed by atoms with van der Waals surface area (Å²) in [6.07, 6.45) is 15.8. The molecule has 0 radical (unpaired) electrons. The molecule has 12 rings (SSSR count). The van der Waals surface area contributed by atoms with E-state index in [0.29, 0.717) is 78.0 Å². The fourth-order valence-corrected chi connectivity index (χ4v) is 11.9. The summed E-state index contributed by atoms with van der Waals surface area (Å²) in [5.41, 5.74) is 8.21. The summed E-state index contributed by atoms with van der Waals surface area (Å²) in [6, 6.07) is 11.0. The zero-order valence-electron chi connectivity index (χ0n) is 49.2. The Morgan fingerprint density at radius 2 is 1.06 bits per heavy atom. The third kappa shape index (κ3) is 12.7. The van der Waals surface area contributed by atoms with Crippen molar-refractivity contribution in [3.8, 4) is 0 Å². The molecule has 0 spiro atoms. The second kappa shape index (κ2) is 23.8. The number of fused-ring (bicyclic) bond motifs is 6. The molecular formula is C59H75ClN16O8. The van der Waals surface area contributed by atoms with Crippen LogP contribution in [0.5, 0.6) is 0 Å². The van der Waals surface area contributed by atoms with E-state index in [2.05, 4.69) is 35.6 Å². The molecule has 84 heavy (non-hydrogen) atoms. The normalized spacial score (nSPS) is 20.2. The number of pyridine rings is 2. The van der Waals surface area contributed by atoms with E-state index in [-0.39, 0.29) is 71.3 Å². The van der Waals surface area contributed by atoms with E-state index in [1.807, 2.05) is 77.5 Å². The van der Waals surface area contributed by atoms with Crippen LogP contribution in [0.1, 0.15) is 160 Å². The number of likely N-dealkylation sites (tertiary alicyclic amines) is 2. The van der Waals surface area contributed by atoms with Crippen LogP contribution in [0.25, 0.3) is 22.1 Å². The van der Waals surface area contributed by atoms with Crippen LogP contribution in [0.15, 0.2) is 61.2 Å². The van der Waals surface area contributed by atoms with Gasteiger partial charge >= 0.3 is 12.2 Å². The van der Waals surface area contributed by atoms with Gasteiger partial charge in [0.1, 0.15) is 45.5 Å². The molecule has 4 aliphatic heterocycles. The molecule has 4 N–H and O–H groups in total. The van der Waals surface area contributed by atoms with Gasteiger partial charge in [-0.2, -0.15) is 9.97 Å². The molecule has 446 valence electrons. The third-order valence-corrected chi connectivity index (χ3v) is 16.3. The van der Waals surface area contributed by atoms with E-state index in [1.165, 1.54) is 12.6 Å². The number of anilines is 3. The number of rotatable bonds is 8. The van der Waals surface area contributed by atoms with Gasteiger partial charge in [0.2, 0.25) is 11.2 Å². The van der Waals surface area contributed by atoms with Crippen molar-refractivity contribution in [1.82, 2.24) is 68.9 Å². The van der Waals surface area contributed by atoms with Crippen LogP contribution in [-0.4, -0.2) is 182 Å². The van der Waals surface area contributed by atoms with Gasteiger partial charge in [0, 0.05) is 95.0 Å². The minimum absolute atomic E-state index is 0.0129. The van der Waals surface area contributed by atoms with Gasteiger partial charge in [-0.1, -0.05) is 0 Å². The Labute approximate surface area is 492 Å². The minimum Gasteiger partial charge on any atom is -0.444 e. The Balaban J connectivity index is 0.000000154. The maximum Gasteiger partial charge on any atom is 0.410 e. The fourth-order valence-electron chi connectivity index (χ4n) is 11.7. The highest BCUT2D eigenvalue weighted by Gasteiger charge is 2.47. The molecular weight excluding hydrogens is 1100 g/mol. The number of nitrogens with zero attached hydrogens (tertiary/aromatic N) is 13. The average molecular weight is 1170 g/mol. The standard InChI is InChI=1S/C29H36N8O4.C17H24N4O3.C13H15ClN4O/c1-29(2,3)41-28(40)36-20-9-10-21(36)16-35(15-20)26(39)17-8-11-23(31-13-17)33-27-32-14-18-12-22(25(38)30-4)37(24(18)34-27)19-6-5-7-19;1-17(2,3)24-16(23)21-12-5-6-13(21)10-20(9-12)15(22)11-4-7-14(18)19-8-11;1-17(2)12(19)10-6-8-7-15-13(14)16-11(8)18(10)9-4-3-5-9/h8,11-14,19-21H,5-7,9-10,15-16H2,1-4H3,(H,30,38)(H,31,32,33,34);4,7-8,12-13H,5-6,9-10H2,1-3H3,(H2,18,19);6-7,9H,3-5H2,1-2H3. The van der Waals surface area contributed by atoms with E-state index in [0.717, 1.165) is 74.2 Å². The van der Waals surface area contributed by atoms with Crippen LogP contribution in [0, 0.1) is 0 Å². The van der Waals surface area contributed by atoms with Crippen molar-refractivity contribution in [3.05, 3.63) is 89.0 Å². The van der Waals surface area contributed by atoms with Gasteiger partial charge in [0.25, 0.3) is 23.6 Å². The first-order valence-electron chi connectivity index (χ1n) is 28.8. The summed E-state index contributed by atoms with van der Waals surface area (Å²) in [6.45, 7) is 13.2. The van der Waals surface area contributed by atoms with Crippen molar-refractivity contribution in [2.75, 3.05) is 58.4 Å². The van der Waals surface area contributed by atoms with Gasteiger partial charge in [-0.25, -0.2) is 29.5 Å². The van der Waals surface area contributed by atoms with Crippen LogP contribution in [0.2, 0.25) is 5.28 Å². The molecule has 4 saturated heterocycles. The Morgan fingerprint density at radius 1 is 0.595 bits per heavy atom. The number of halogens is 1. The number of nitrogen functional groups attached to an aromatic ring is 1. The Morgan fingerprint density at radius 3 is 1.49 bits per heavy atom. The number of carbonyl (C=O) groups is 6. The summed E-state index contributed by atoms with van der Waals surface area (Å²) in [5.74, 6) is 0.920. The molecule has 6 aromatic rings. The summed E-state index contributed by atoms with van der Waals surface area (Å²) in [5, 5.41) is 7.72. The number of amides is 6. The summed E-state index contributed by atoms with van der Waals surface area (Å²) < 4.78 is 15.1. The zero-order valence-corrected chi connectivity index (χ0v) is 49.9. The molecule has 4 bridgehead atoms. The largest absolute Gasteiger partial charge is 0.444 e. The van der Waals surface area contributed by atoms with E-state index < -0.39 is 11.2 Å². The van der Waals surface area contributed by atoms with Crippen molar-refractivity contribution >= 4 is 87.1 Å². The number of hydrogen-bond donors (Lipinski definition) is 3. The lowest BCUT2D eigenvalue weighted by molar-refractivity contribution is -0.00386. The van der Waals surface area contributed by atoms with E-state index in [1.54, 1.807) is 73.8 Å². The van der Waals surface area contributed by atoms with Gasteiger partial charge in [-0.15, -0.1) is 0 Å². The predicted octanol–water partition coefficient (Wildman–Crippen LogP) is 8.28. The predicted molar refractivity (Wildman–Crippen MR) is 315 cm³/mol. The molecule has 25 heteroatoms. The Bertz CT molecular complexity index is 3430. The maximum absolute atomic E-state index is 13.3. The van der Waals surface area contributed by atoms with Crippen molar-refractivity contribution in [2.24, 2.45) is 0 Å². The van der Waals surface area contributed by atoms with Crippen LogP contribution in [-0.2, 0) is 9.47 Å². The minimum atomic E-state index is -0.558. The maximum atomic E-state index is 13.3. The van der Waals surface area contributed by atoms with Crippen LogP contribution < -0.4 is 16.4 Å². The van der Waals surface area contributed by atoms with Crippen LogP contribution in [0.4, 0.5) is 27.2 Å². The lowest BCUT2D eigenvalue weighted by Crippen LogP contribution is -2.57. The molecule has 2 aliphatic carbocycles. The molecule has 6 aromatic heterocycles. The highest BCUT2D eigenvalue weighted by Crippen LogP contribution is 2.39. The molecule has 10 heterocycles. The quantitative estimate of drug-likeness (QED) is 0.121. The van der Waals surface area contributed by atoms with Gasteiger partial charge in [-0.05, 0) is 154 Å². The molecule has 6 aliphatic rings. The Kier molecular flexibility index (Phi) is 16.8. The number of aromatic nitrogens is 8. The highest BCUT2D eigenvalue weighted by atomic mass is 35.5. The zero-order chi connectivity index (χ0) is 59.9. The first-order valence-corrected chi connectivity index (χ1v) is 29.2. The molecule has 4 atom stereocenters. The lowest BCUT2D eigenvalue weighted by Gasteiger charge is -2.41. The number of nitrogens with two attached hydrogens (primary N) is 1. The van der Waals surface area contributed by atoms with Crippen molar-refractivity contribution in [2.45, 2.75) is 153 Å². The van der Waals surface area contributed by atoms with Crippen molar-refractivity contribution < 1.29 is 38.2 Å². The summed E-state index contributed by atoms with van der Waals surface area (Å²) in [4.78, 5) is 111. The average Bonchev–Trinajstić information content (AvgIpc) is 2.18. The first-order chi connectivity index (χ1) is 39.9. The number of ether oxygens (including phenoxy) is 2. The van der Waals surface area contributed by atoms with E-state index in [9.17, 15) is 28.8 Å². The smallest absolute Gasteiger partial charge is 0.410 e. The van der Waals surface area contributed by atoms with Gasteiger partial charge < -0.3 is 49.7 Å². The highest BCUT2D eigenvalue weighted by molar-refractivity contribution is 6.28. The van der Waals surface area contributed by atoms with Crippen LogP contribution >= 0.6 is 11.6 Å². The van der Waals surface area contributed by atoms with Crippen molar-refractivity contribution in [3.63, 3.8) is 0 Å². The summed E-state index contributed by atoms with van der Waals surface area (Å²) >= 11 is 5.88. The molecule has 2 saturated carbocycles. The molecule has 0 aromatic carbocycles. The first kappa shape index (κ1) is 59.0. The number of hydrogen-bond acceptors (Lipinski definition) is 16. The third-order valence-electron chi connectivity index (χ3n) is 16.1. The molecule has 4 unspecified atom stereocenters. The topological polar surface area (TPSA) is 274 Å². The Hall–Kier alpha value is -8.15. The van der Waals surface area contributed by atoms with Gasteiger partial charge in [0.05, 0.1) is 35.3 Å². The summed E-state index contributed by atoms with van der Waals surface area (Å²) in [7, 11) is 5.13. The molecule has 6 fully saturated rings. The SMILES string of the molecule is CC(C)(C)OC(=O)N1C2CCC1CN(C(=O)c1ccc(N)nc1)C2.CN(C)C(=O)c1cc2cnc(Cl)nc2n1C1CCC1.CNC(=O)c1cc2cnc(Nc3ccc(C(=O)N4CC5CCC(C4)N5C(=O)OC(C)(C)C)cn3)nc2n1C1CCC1. The van der Waals surface area contributed by atoms with E-state index in [4.69, 9.17) is 31.8 Å². The number of piperazine rings is 2. The second-order valence-electron chi connectivity index (χ2n) is 24.6. The van der Waals surface area contributed by atoms with E-state index >= 15 is 0 Å².